The van der Waals surface area contributed by atoms with Gasteiger partial charge in [0.15, 0.2) is 11.6 Å². The normalized spacial score (nSPS) is 12.3. The van der Waals surface area contributed by atoms with E-state index in [-0.39, 0.29) is 24.2 Å². The van der Waals surface area contributed by atoms with Crippen molar-refractivity contribution in [2.45, 2.75) is 33.7 Å². The van der Waals surface area contributed by atoms with Crippen LogP contribution in [0.4, 0.5) is 4.39 Å². The number of hydrogen-bond donors (Lipinski definition) is 1. The van der Waals surface area contributed by atoms with Crippen molar-refractivity contribution in [3.8, 4) is 5.75 Å². The molecule has 0 fully saturated rings. The van der Waals surface area contributed by atoms with Gasteiger partial charge in [-0.05, 0) is 56.0 Å². The molecule has 112 valence electrons. The fourth-order valence-electron chi connectivity index (χ4n) is 2.77. The summed E-state index contributed by atoms with van der Waals surface area (Å²) in [4.78, 5) is 0. The Labute approximate surface area is 125 Å². The third-order valence-electron chi connectivity index (χ3n) is 3.68. The summed E-state index contributed by atoms with van der Waals surface area (Å²) in [6.07, 6.45) is 0. The van der Waals surface area contributed by atoms with Gasteiger partial charge in [0.2, 0.25) is 0 Å². The highest BCUT2D eigenvalue weighted by Crippen LogP contribution is 2.25. The third-order valence-corrected chi connectivity index (χ3v) is 3.68. The summed E-state index contributed by atoms with van der Waals surface area (Å²) in [5, 5.41) is 0. The molecule has 1 unspecified atom stereocenters. The summed E-state index contributed by atoms with van der Waals surface area (Å²) in [5.74, 6) is -0.0603. The number of nitrogens with two attached hydrogens (primary N) is 1. The van der Waals surface area contributed by atoms with Gasteiger partial charge in [0.1, 0.15) is 6.61 Å². The standard InChI is InChI=1S/C18H22FNO/c1-11-8-13(3)17(14(4)9-11)15(20)10-21-16-7-5-6-12(2)18(16)19/h5-9,15H,10,20H2,1-4H3. The molecule has 0 saturated heterocycles. The van der Waals surface area contributed by atoms with Crippen molar-refractivity contribution in [1.29, 1.82) is 0 Å². The van der Waals surface area contributed by atoms with Gasteiger partial charge in [-0.25, -0.2) is 4.39 Å². The first kappa shape index (κ1) is 15.5. The molecule has 0 aliphatic heterocycles. The lowest BCUT2D eigenvalue weighted by atomic mass is 9.95. The summed E-state index contributed by atoms with van der Waals surface area (Å²) < 4.78 is 19.5. The van der Waals surface area contributed by atoms with Gasteiger partial charge in [-0.3, -0.25) is 0 Å². The minimum absolute atomic E-state index is 0.255. The van der Waals surface area contributed by atoms with Gasteiger partial charge >= 0.3 is 0 Å². The Hall–Kier alpha value is -1.87. The Bertz CT molecular complexity index is 629. The van der Waals surface area contributed by atoms with Crippen LogP contribution in [0.1, 0.15) is 33.9 Å². The molecule has 2 N–H and O–H groups in total. The van der Waals surface area contributed by atoms with Gasteiger partial charge < -0.3 is 10.5 Å². The molecule has 0 heterocycles. The maximum Gasteiger partial charge on any atom is 0.167 e. The second kappa shape index (κ2) is 6.27. The zero-order valence-corrected chi connectivity index (χ0v) is 13.0. The minimum atomic E-state index is -0.318. The van der Waals surface area contributed by atoms with E-state index in [1.165, 1.54) is 5.56 Å². The SMILES string of the molecule is Cc1cc(C)c(C(N)COc2cccc(C)c2F)c(C)c1. The predicted octanol–water partition coefficient (Wildman–Crippen LogP) is 4.14. The van der Waals surface area contributed by atoms with Gasteiger partial charge in [-0.1, -0.05) is 29.8 Å². The van der Waals surface area contributed by atoms with Crippen molar-refractivity contribution >= 4 is 0 Å². The number of aryl methyl sites for hydroxylation is 4. The quantitative estimate of drug-likeness (QED) is 0.917. The van der Waals surface area contributed by atoms with Crippen LogP contribution < -0.4 is 10.5 Å². The number of ether oxygens (including phenoxy) is 1. The summed E-state index contributed by atoms with van der Waals surface area (Å²) >= 11 is 0. The fourth-order valence-corrected chi connectivity index (χ4v) is 2.77. The van der Waals surface area contributed by atoms with Crippen LogP contribution in [0.2, 0.25) is 0 Å². The fraction of sp³-hybridized carbons (Fsp3) is 0.333. The number of halogens is 1. The van der Waals surface area contributed by atoms with E-state index in [1.54, 1.807) is 25.1 Å². The number of hydrogen-bond acceptors (Lipinski definition) is 2. The number of benzene rings is 2. The molecule has 0 radical (unpaired) electrons. The lowest BCUT2D eigenvalue weighted by Gasteiger charge is -2.19. The van der Waals surface area contributed by atoms with Crippen LogP contribution in [0.15, 0.2) is 30.3 Å². The first-order chi connectivity index (χ1) is 9.90. The van der Waals surface area contributed by atoms with E-state index in [0.29, 0.717) is 5.56 Å². The van der Waals surface area contributed by atoms with Crippen LogP contribution in [0, 0.1) is 33.5 Å². The van der Waals surface area contributed by atoms with Gasteiger partial charge in [0.25, 0.3) is 0 Å². The average molecular weight is 287 g/mol. The lowest BCUT2D eigenvalue weighted by Crippen LogP contribution is -2.21. The Morgan fingerprint density at radius 1 is 1.05 bits per heavy atom. The number of rotatable bonds is 4. The third kappa shape index (κ3) is 3.42. The van der Waals surface area contributed by atoms with Crippen molar-refractivity contribution in [2.75, 3.05) is 6.61 Å². The molecule has 3 heteroatoms. The van der Waals surface area contributed by atoms with Crippen LogP contribution in [-0.4, -0.2) is 6.61 Å². The lowest BCUT2D eigenvalue weighted by molar-refractivity contribution is 0.276. The molecule has 2 rings (SSSR count). The second-order valence-electron chi connectivity index (χ2n) is 5.62. The molecule has 1 atom stereocenters. The van der Waals surface area contributed by atoms with Gasteiger partial charge in [0.05, 0.1) is 6.04 Å². The molecule has 0 spiro atoms. The molecule has 0 aliphatic rings. The highest BCUT2D eigenvalue weighted by molar-refractivity contribution is 5.39. The maximum absolute atomic E-state index is 13.9. The summed E-state index contributed by atoms with van der Waals surface area (Å²) in [7, 11) is 0. The summed E-state index contributed by atoms with van der Waals surface area (Å²) in [6, 6.07) is 9.07. The van der Waals surface area contributed by atoms with Crippen LogP contribution in [0.5, 0.6) is 5.75 Å². The zero-order valence-electron chi connectivity index (χ0n) is 13.0. The smallest absolute Gasteiger partial charge is 0.167 e. The molecular formula is C18H22FNO. The largest absolute Gasteiger partial charge is 0.489 e. The van der Waals surface area contributed by atoms with Crippen molar-refractivity contribution < 1.29 is 9.13 Å². The Kier molecular flexibility index (Phi) is 4.63. The van der Waals surface area contributed by atoms with E-state index in [9.17, 15) is 4.39 Å². The van der Waals surface area contributed by atoms with Crippen LogP contribution in [-0.2, 0) is 0 Å². The first-order valence-corrected chi connectivity index (χ1v) is 7.11. The van der Waals surface area contributed by atoms with E-state index in [0.717, 1.165) is 16.7 Å². The molecule has 2 aromatic carbocycles. The van der Waals surface area contributed by atoms with Crippen LogP contribution in [0.25, 0.3) is 0 Å². The molecule has 0 amide bonds. The second-order valence-corrected chi connectivity index (χ2v) is 5.62. The van der Waals surface area contributed by atoms with E-state index in [1.807, 2.05) is 13.8 Å². The Balaban J connectivity index is 2.16. The molecular weight excluding hydrogens is 265 g/mol. The first-order valence-electron chi connectivity index (χ1n) is 7.11. The maximum atomic E-state index is 13.9. The summed E-state index contributed by atoms with van der Waals surface area (Å²) in [5.41, 5.74) is 11.4. The van der Waals surface area contributed by atoms with Crippen molar-refractivity contribution in [3.05, 3.63) is 64.0 Å². The predicted molar refractivity (Wildman–Crippen MR) is 84.2 cm³/mol. The van der Waals surface area contributed by atoms with Crippen molar-refractivity contribution in [2.24, 2.45) is 5.73 Å². The topological polar surface area (TPSA) is 35.2 Å². The van der Waals surface area contributed by atoms with Crippen molar-refractivity contribution in [3.63, 3.8) is 0 Å². The molecule has 0 saturated carbocycles. The zero-order chi connectivity index (χ0) is 15.6. The van der Waals surface area contributed by atoms with E-state index in [2.05, 4.69) is 19.1 Å². The van der Waals surface area contributed by atoms with E-state index >= 15 is 0 Å². The molecule has 2 nitrogen and oxygen atoms in total. The van der Waals surface area contributed by atoms with Crippen molar-refractivity contribution in [1.82, 2.24) is 0 Å². The highest BCUT2D eigenvalue weighted by atomic mass is 19.1. The Morgan fingerprint density at radius 3 is 2.29 bits per heavy atom. The molecule has 0 aliphatic carbocycles. The Morgan fingerprint density at radius 2 is 1.67 bits per heavy atom. The summed E-state index contributed by atoms with van der Waals surface area (Å²) in [6.45, 7) is 8.13. The van der Waals surface area contributed by atoms with Crippen LogP contribution in [0.3, 0.4) is 0 Å². The van der Waals surface area contributed by atoms with Gasteiger partial charge in [0, 0.05) is 0 Å². The van der Waals surface area contributed by atoms with E-state index < -0.39 is 0 Å². The molecule has 0 bridgehead atoms. The van der Waals surface area contributed by atoms with Crippen LogP contribution >= 0.6 is 0 Å². The van der Waals surface area contributed by atoms with E-state index in [4.69, 9.17) is 10.5 Å². The molecule has 0 aromatic heterocycles. The van der Waals surface area contributed by atoms with Gasteiger partial charge in [-0.2, -0.15) is 0 Å². The van der Waals surface area contributed by atoms with Gasteiger partial charge in [-0.15, -0.1) is 0 Å². The monoisotopic (exact) mass is 287 g/mol. The average Bonchev–Trinajstić information content (AvgIpc) is 2.39. The molecule has 2 aromatic rings. The minimum Gasteiger partial charge on any atom is -0.489 e. The highest BCUT2D eigenvalue weighted by Gasteiger charge is 2.14. The molecule has 21 heavy (non-hydrogen) atoms.